The smallest absolute Gasteiger partial charge is 0.336 e. The van der Waals surface area contributed by atoms with Gasteiger partial charge in [0.1, 0.15) is 0 Å². The molecule has 0 bridgehead atoms. The number of halogens is 2. The molecule has 0 unspecified atom stereocenters. The van der Waals surface area contributed by atoms with E-state index in [0.29, 0.717) is 15.6 Å². The molecule has 0 aromatic heterocycles. The maximum absolute atomic E-state index is 11.1. The third-order valence-corrected chi connectivity index (χ3v) is 5.68. The predicted octanol–water partition coefficient (Wildman–Crippen LogP) is 5.58. The largest absolute Gasteiger partial charge is 0.478 e. The van der Waals surface area contributed by atoms with E-state index in [4.69, 9.17) is 28.3 Å². The summed E-state index contributed by atoms with van der Waals surface area (Å²) in [6, 6.07) is 12.4. The Hall–Kier alpha value is -0.810. The summed E-state index contributed by atoms with van der Waals surface area (Å²) < 4.78 is 0. The number of hydrogen-bond acceptors (Lipinski definition) is 3. The normalized spacial score (nSPS) is 10.6. The quantitative estimate of drug-likeness (QED) is 0.540. The minimum absolute atomic E-state index is 0.341. The first-order chi connectivity index (χ1) is 10.1. The van der Waals surface area contributed by atoms with E-state index in [1.54, 1.807) is 36.0 Å². The van der Waals surface area contributed by atoms with Crippen LogP contribution in [0.25, 0.3) is 0 Å². The van der Waals surface area contributed by atoms with Crippen molar-refractivity contribution in [3.8, 4) is 0 Å². The Kier molecular flexibility index (Phi) is 6.30. The number of carboxylic acids is 1. The summed E-state index contributed by atoms with van der Waals surface area (Å²) in [5, 5.41) is 10.5. The highest BCUT2D eigenvalue weighted by Gasteiger charge is 2.09. The third kappa shape index (κ3) is 4.85. The van der Waals surface area contributed by atoms with Crippen LogP contribution in [0.1, 0.15) is 10.4 Å². The maximum Gasteiger partial charge on any atom is 0.336 e. The van der Waals surface area contributed by atoms with Gasteiger partial charge >= 0.3 is 5.97 Å². The molecule has 0 saturated heterocycles. The number of carbonyl (C=O) groups is 1. The fourth-order valence-electron chi connectivity index (χ4n) is 1.66. The van der Waals surface area contributed by atoms with E-state index in [0.717, 1.165) is 21.3 Å². The van der Waals surface area contributed by atoms with Crippen LogP contribution in [0.2, 0.25) is 10.0 Å². The van der Waals surface area contributed by atoms with Gasteiger partial charge in [-0.3, -0.25) is 0 Å². The summed E-state index contributed by atoms with van der Waals surface area (Å²) in [5.41, 5.74) is 0.341. The van der Waals surface area contributed by atoms with Crippen LogP contribution in [0, 0.1) is 0 Å². The second-order valence-corrected chi connectivity index (χ2v) is 7.19. The van der Waals surface area contributed by atoms with Gasteiger partial charge in [-0.1, -0.05) is 35.3 Å². The summed E-state index contributed by atoms with van der Waals surface area (Å²) in [6.45, 7) is 0. The number of thioether (sulfide) groups is 2. The van der Waals surface area contributed by atoms with Gasteiger partial charge in [-0.15, -0.1) is 23.5 Å². The molecular formula is C15H12Cl2O2S2. The summed E-state index contributed by atoms with van der Waals surface area (Å²) in [6.07, 6.45) is 0. The topological polar surface area (TPSA) is 37.3 Å². The van der Waals surface area contributed by atoms with Crippen LogP contribution in [-0.2, 0) is 0 Å². The molecule has 2 rings (SSSR count). The van der Waals surface area contributed by atoms with Crippen molar-refractivity contribution in [3.05, 3.63) is 58.1 Å². The van der Waals surface area contributed by atoms with Crippen LogP contribution >= 0.6 is 46.7 Å². The average molecular weight is 359 g/mol. The summed E-state index contributed by atoms with van der Waals surface area (Å²) in [7, 11) is 0. The lowest BCUT2D eigenvalue weighted by atomic mass is 10.2. The van der Waals surface area contributed by atoms with Crippen molar-refractivity contribution in [2.45, 2.75) is 9.79 Å². The van der Waals surface area contributed by atoms with Crippen molar-refractivity contribution in [2.24, 2.45) is 0 Å². The molecule has 21 heavy (non-hydrogen) atoms. The molecule has 0 heterocycles. The average Bonchev–Trinajstić information content (AvgIpc) is 2.47. The first kappa shape index (κ1) is 16.6. The van der Waals surface area contributed by atoms with Crippen LogP contribution in [-0.4, -0.2) is 22.6 Å². The van der Waals surface area contributed by atoms with Crippen LogP contribution in [0.5, 0.6) is 0 Å². The number of rotatable bonds is 6. The number of hydrogen-bond donors (Lipinski definition) is 1. The molecule has 0 aliphatic rings. The second kappa shape index (κ2) is 7.99. The molecular weight excluding hydrogens is 347 g/mol. The molecule has 1 N–H and O–H groups in total. The first-order valence-corrected chi connectivity index (χ1v) is 8.83. The van der Waals surface area contributed by atoms with E-state index in [1.807, 2.05) is 18.2 Å². The lowest BCUT2D eigenvalue weighted by Gasteiger charge is -2.07. The molecule has 0 amide bonds. The number of aromatic carboxylic acids is 1. The van der Waals surface area contributed by atoms with Gasteiger partial charge in [0.15, 0.2) is 0 Å². The lowest BCUT2D eigenvalue weighted by Crippen LogP contribution is -1.98. The summed E-state index contributed by atoms with van der Waals surface area (Å²) >= 11 is 15.2. The van der Waals surface area contributed by atoms with E-state index in [2.05, 4.69) is 0 Å². The van der Waals surface area contributed by atoms with Crippen LogP contribution in [0.4, 0.5) is 0 Å². The van der Waals surface area contributed by atoms with Crippen LogP contribution < -0.4 is 0 Å². The van der Waals surface area contributed by atoms with Gasteiger partial charge in [-0.2, -0.15) is 0 Å². The first-order valence-electron chi connectivity index (χ1n) is 6.11. The van der Waals surface area contributed by atoms with Gasteiger partial charge in [0.25, 0.3) is 0 Å². The van der Waals surface area contributed by atoms with E-state index in [1.165, 1.54) is 11.8 Å². The van der Waals surface area contributed by atoms with Crippen molar-refractivity contribution >= 4 is 52.7 Å². The van der Waals surface area contributed by atoms with Gasteiger partial charge in [0.2, 0.25) is 0 Å². The fourth-order valence-corrected chi connectivity index (χ4v) is 4.19. The lowest BCUT2D eigenvalue weighted by molar-refractivity contribution is 0.0693. The van der Waals surface area contributed by atoms with E-state index >= 15 is 0 Å². The van der Waals surface area contributed by atoms with Crippen molar-refractivity contribution in [1.82, 2.24) is 0 Å². The zero-order valence-corrected chi connectivity index (χ0v) is 14.0. The molecule has 0 spiro atoms. The van der Waals surface area contributed by atoms with Gasteiger partial charge in [-0.25, -0.2) is 4.79 Å². The predicted molar refractivity (Wildman–Crippen MR) is 91.3 cm³/mol. The Labute approximate surface area is 141 Å². The SMILES string of the molecule is O=C(O)c1ccccc1SCCSc1cc(Cl)ccc1Cl. The minimum Gasteiger partial charge on any atom is -0.478 e. The summed E-state index contributed by atoms with van der Waals surface area (Å²) in [4.78, 5) is 12.8. The molecule has 2 aromatic carbocycles. The van der Waals surface area contributed by atoms with Crippen LogP contribution in [0.3, 0.4) is 0 Å². The zero-order chi connectivity index (χ0) is 15.2. The van der Waals surface area contributed by atoms with Crippen molar-refractivity contribution in [3.63, 3.8) is 0 Å². The second-order valence-electron chi connectivity index (χ2n) is 4.07. The molecule has 0 radical (unpaired) electrons. The molecule has 0 aliphatic carbocycles. The molecule has 0 aliphatic heterocycles. The number of carboxylic acid groups (broad SMARTS) is 1. The molecule has 0 saturated carbocycles. The van der Waals surface area contributed by atoms with Crippen molar-refractivity contribution in [2.75, 3.05) is 11.5 Å². The fraction of sp³-hybridized carbons (Fsp3) is 0.133. The van der Waals surface area contributed by atoms with Crippen molar-refractivity contribution in [1.29, 1.82) is 0 Å². The molecule has 6 heteroatoms. The Balaban J connectivity index is 1.91. The summed E-state index contributed by atoms with van der Waals surface area (Å²) in [5.74, 6) is 0.708. The van der Waals surface area contributed by atoms with E-state index in [9.17, 15) is 4.79 Å². The molecule has 2 aromatic rings. The highest BCUT2D eigenvalue weighted by molar-refractivity contribution is 8.03. The Morgan fingerprint density at radius 2 is 1.67 bits per heavy atom. The third-order valence-electron chi connectivity index (χ3n) is 2.61. The van der Waals surface area contributed by atoms with Crippen molar-refractivity contribution < 1.29 is 9.90 Å². The van der Waals surface area contributed by atoms with E-state index in [-0.39, 0.29) is 0 Å². The number of benzene rings is 2. The Morgan fingerprint density at radius 3 is 2.38 bits per heavy atom. The van der Waals surface area contributed by atoms with Gasteiger partial charge < -0.3 is 5.11 Å². The Morgan fingerprint density at radius 1 is 1.00 bits per heavy atom. The highest BCUT2D eigenvalue weighted by atomic mass is 35.5. The highest BCUT2D eigenvalue weighted by Crippen LogP contribution is 2.31. The standard InChI is InChI=1S/C15H12Cl2O2S2/c16-10-5-6-12(17)14(9-10)21-8-7-20-13-4-2-1-3-11(13)15(18)19/h1-6,9H,7-8H2,(H,18,19). The maximum atomic E-state index is 11.1. The molecule has 0 atom stereocenters. The molecule has 0 fully saturated rings. The van der Waals surface area contributed by atoms with Gasteiger partial charge in [0, 0.05) is 26.3 Å². The minimum atomic E-state index is -0.899. The zero-order valence-electron chi connectivity index (χ0n) is 10.9. The van der Waals surface area contributed by atoms with Gasteiger partial charge in [0.05, 0.1) is 10.6 Å². The van der Waals surface area contributed by atoms with Crippen LogP contribution in [0.15, 0.2) is 52.3 Å². The monoisotopic (exact) mass is 358 g/mol. The molecule has 2 nitrogen and oxygen atoms in total. The molecule has 110 valence electrons. The van der Waals surface area contributed by atoms with E-state index < -0.39 is 5.97 Å². The van der Waals surface area contributed by atoms with Gasteiger partial charge in [-0.05, 0) is 30.3 Å². The Bertz CT molecular complexity index is 647.